The zero-order valence-electron chi connectivity index (χ0n) is 26.7. The molecule has 0 aliphatic carbocycles. The Morgan fingerprint density at radius 2 is 1.79 bits per heavy atom. The van der Waals surface area contributed by atoms with Crippen molar-refractivity contribution >= 4 is 22.8 Å². The number of hydrogen-bond acceptors (Lipinski definition) is 9. The molecule has 48 heavy (non-hydrogen) atoms. The summed E-state index contributed by atoms with van der Waals surface area (Å²) in [4.78, 5) is 41.0. The van der Waals surface area contributed by atoms with Crippen molar-refractivity contribution in [3.63, 3.8) is 0 Å². The van der Waals surface area contributed by atoms with Crippen molar-refractivity contribution < 1.29 is 28.2 Å². The quantitative estimate of drug-likeness (QED) is 0.131. The number of carbonyl (C=O) groups excluding carboxylic acids is 2. The maximum absolute atomic E-state index is 14.9. The smallest absolute Gasteiger partial charge is 0.337 e. The molecule has 0 radical (unpaired) electrons. The Hall–Kier alpha value is -5.00. The lowest BCUT2D eigenvalue weighted by atomic mass is 9.93. The highest BCUT2D eigenvalue weighted by Crippen LogP contribution is 2.30. The minimum atomic E-state index is -0.508. The Labute approximate surface area is 277 Å². The Kier molecular flexibility index (Phi) is 9.22. The average Bonchev–Trinajstić information content (AvgIpc) is 3.45. The van der Waals surface area contributed by atoms with Gasteiger partial charge in [-0.2, -0.15) is 0 Å². The van der Waals surface area contributed by atoms with Crippen LogP contribution in [0.15, 0.2) is 79.1 Å². The van der Waals surface area contributed by atoms with Gasteiger partial charge in [-0.05, 0) is 74.8 Å². The summed E-state index contributed by atoms with van der Waals surface area (Å²) in [7, 11) is 1.39. The molecule has 2 saturated heterocycles. The number of ketones is 1. The van der Waals surface area contributed by atoms with E-state index in [0.29, 0.717) is 35.7 Å². The van der Waals surface area contributed by atoms with E-state index in [-0.39, 0.29) is 35.9 Å². The highest BCUT2D eigenvalue weighted by molar-refractivity contribution is 6.08. The molecule has 0 N–H and O–H groups in total. The van der Waals surface area contributed by atoms with E-state index in [1.54, 1.807) is 42.6 Å². The third kappa shape index (κ3) is 6.83. The fourth-order valence-corrected chi connectivity index (χ4v) is 6.32. The van der Waals surface area contributed by atoms with Gasteiger partial charge in [0, 0.05) is 53.4 Å². The second kappa shape index (κ2) is 14.0. The number of nitrogens with zero attached hydrogens (tertiary/aromatic N) is 5. The third-order valence-corrected chi connectivity index (χ3v) is 9.16. The van der Waals surface area contributed by atoms with Crippen LogP contribution in [0.5, 0.6) is 5.88 Å². The van der Waals surface area contributed by atoms with Crippen molar-refractivity contribution in [2.45, 2.75) is 51.0 Å². The first kappa shape index (κ1) is 31.6. The molecule has 2 aromatic carbocycles. The summed E-state index contributed by atoms with van der Waals surface area (Å²) < 4.78 is 33.7. The Bertz CT molecular complexity index is 1940. The number of carbonyl (C=O) groups is 2. The number of esters is 1. The first-order valence-electron chi connectivity index (χ1n) is 16.2. The van der Waals surface area contributed by atoms with E-state index in [1.807, 2.05) is 24.3 Å². The minimum absolute atomic E-state index is 0.00385. The van der Waals surface area contributed by atoms with Crippen LogP contribution >= 0.6 is 0 Å². The molecule has 0 spiro atoms. The Morgan fingerprint density at radius 3 is 2.52 bits per heavy atom. The number of aromatic nitrogens is 4. The lowest BCUT2D eigenvalue weighted by molar-refractivity contribution is -0.0592. The normalized spacial score (nSPS) is 16.8. The minimum Gasteiger partial charge on any atom is -0.473 e. The lowest BCUT2D eigenvalue weighted by Gasteiger charge is -2.32. The lowest BCUT2D eigenvalue weighted by Crippen LogP contribution is -2.35. The summed E-state index contributed by atoms with van der Waals surface area (Å²) in [6.45, 7) is 3.91. The Balaban J connectivity index is 0.974. The van der Waals surface area contributed by atoms with Crippen LogP contribution in [-0.4, -0.2) is 69.1 Å². The van der Waals surface area contributed by atoms with Crippen molar-refractivity contribution in [3.8, 4) is 5.88 Å². The van der Waals surface area contributed by atoms with Gasteiger partial charge < -0.3 is 18.8 Å². The van der Waals surface area contributed by atoms with Gasteiger partial charge in [-0.25, -0.2) is 19.2 Å². The number of fused-ring (bicyclic) bond motifs is 1. The molecule has 11 heteroatoms. The molecule has 246 valence electrons. The Morgan fingerprint density at radius 1 is 0.958 bits per heavy atom. The molecule has 2 fully saturated rings. The zero-order valence-corrected chi connectivity index (χ0v) is 26.7. The third-order valence-electron chi connectivity index (χ3n) is 9.16. The summed E-state index contributed by atoms with van der Waals surface area (Å²) in [5.41, 5.74) is 4.22. The van der Waals surface area contributed by atoms with E-state index < -0.39 is 5.82 Å². The van der Waals surface area contributed by atoms with Gasteiger partial charge in [-0.15, -0.1) is 0 Å². The van der Waals surface area contributed by atoms with Gasteiger partial charge in [0.15, 0.2) is 5.78 Å². The molecule has 0 amide bonds. The van der Waals surface area contributed by atoms with E-state index in [0.717, 1.165) is 61.5 Å². The van der Waals surface area contributed by atoms with Crippen LogP contribution in [0.25, 0.3) is 11.0 Å². The number of hydrogen-bond donors (Lipinski definition) is 0. The number of benzene rings is 2. The van der Waals surface area contributed by atoms with Crippen LogP contribution in [0.1, 0.15) is 68.5 Å². The monoisotopic (exact) mass is 649 g/mol. The van der Waals surface area contributed by atoms with Gasteiger partial charge in [0.2, 0.25) is 5.88 Å². The maximum Gasteiger partial charge on any atom is 0.337 e. The molecule has 10 nitrogen and oxygen atoms in total. The summed E-state index contributed by atoms with van der Waals surface area (Å²) >= 11 is 0. The highest BCUT2D eigenvalue weighted by Gasteiger charge is 2.26. The summed E-state index contributed by atoms with van der Waals surface area (Å²) in [5, 5.41) is 0. The van der Waals surface area contributed by atoms with Crippen molar-refractivity contribution in [2.75, 3.05) is 26.8 Å². The van der Waals surface area contributed by atoms with E-state index in [4.69, 9.17) is 24.2 Å². The van der Waals surface area contributed by atoms with Crippen molar-refractivity contribution in [1.82, 2.24) is 24.4 Å². The van der Waals surface area contributed by atoms with Crippen LogP contribution in [0, 0.1) is 5.82 Å². The van der Waals surface area contributed by atoms with Crippen molar-refractivity contribution in [1.29, 1.82) is 0 Å². The molecule has 1 atom stereocenters. The number of likely N-dealkylation sites (tertiary alicyclic amines) is 1. The first-order chi connectivity index (χ1) is 23.4. The molecule has 2 aliphatic heterocycles. The van der Waals surface area contributed by atoms with E-state index >= 15 is 0 Å². The molecule has 3 aromatic heterocycles. The van der Waals surface area contributed by atoms with Crippen molar-refractivity contribution in [3.05, 3.63) is 119 Å². The molecule has 7 rings (SSSR count). The van der Waals surface area contributed by atoms with E-state index in [1.165, 1.54) is 19.4 Å². The van der Waals surface area contributed by atoms with Crippen LogP contribution in [0.3, 0.4) is 0 Å². The molecule has 0 bridgehead atoms. The van der Waals surface area contributed by atoms with E-state index in [2.05, 4.69) is 14.5 Å². The zero-order chi connectivity index (χ0) is 33.0. The highest BCUT2D eigenvalue weighted by atomic mass is 19.1. The van der Waals surface area contributed by atoms with Gasteiger partial charge in [0.05, 0.1) is 42.9 Å². The molecule has 5 aromatic rings. The SMILES string of the molecule is COC(=O)c1ccc2nc(CN3CCC(c4cccc(OCc5ccc(C(=O)c6cccnc6)cc5F)n4)CC3)n(C[C@@H]3CCO3)c2c1. The average molecular weight is 650 g/mol. The topological polar surface area (TPSA) is 109 Å². The molecule has 0 unspecified atom stereocenters. The number of ether oxygens (including phenoxy) is 3. The van der Waals surface area contributed by atoms with Crippen LogP contribution < -0.4 is 4.74 Å². The van der Waals surface area contributed by atoms with Gasteiger partial charge in [0.25, 0.3) is 0 Å². The molecule has 0 saturated carbocycles. The second-order valence-electron chi connectivity index (χ2n) is 12.2. The van der Waals surface area contributed by atoms with Crippen LogP contribution in [0.4, 0.5) is 4.39 Å². The number of rotatable bonds is 11. The van der Waals surface area contributed by atoms with Crippen LogP contribution in [0.2, 0.25) is 0 Å². The summed E-state index contributed by atoms with van der Waals surface area (Å²) in [6.07, 6.45) is 6.06. The van der Waals surface area contributed by atoms with Gasteiger partial charge in [0.1, 0.15) is 18.2 Å². The standard InChI is InChI=1S/C37H36FN5O5/c1-46-37(45)26-9-10-32-33(19-26)43(21-29-13-17-47-29)34(40-32)22-42-15-11-24(12-16-42)31-5-2-6-35(41-31)48-23-28-8-7-25(18-30(28)38)36(44)27-4-3-14-39-20-27/h2-10,14,18-20,24,29H,11-13,15-17,21-23H2,1H3/t29-/m0/s1. The van der Waals surface area contributed by atoms with Crippen LogP contribution in [-0.2, 0) is 29.2 Å². The number of piperidine rings is 1. The fourth-order valence-electron chi connectivity index (χ4n) is 6.32. The molecular formula is C37H36FN5O5. The first-order valence-corrected chi connectivity index (χ1v) is 16.2. The number of halogens is 1. The molecular weight excluding hydrogens is 613 g/mol. The largest absolute Gasteiger partial charge is 0.473 e. The summed E-state index contributed by atoms with van der Waals surface area (Å²) in [6, 6.07) is 18.9. The van der Waals surface area contributed by atoms with Crippen molar-refractivity contribution in [2.24, 2.45) is 0 Å². The molecule has 2 aliphatic rings. The van der Waals surface area contributed by atoms with E-state index in [9.17, 15) is 14.0 Å². The van der Waals surface area contributed by atoms with Gasteiger partial charge in [-0.1, -0.05) is 18.2 Å². The van der Waals surface area contributed by atoms with Gasteiger partial charge >= 0.3 is 5.97 Å². The number of imidazole rings is 1. The fraction of sp³-hybridized carbons (Fsp3) is 0.324. The predicted molar refractivity (Wildman–Crippen MR) is 175 cm³/mol. The van der Waals surface area contributed by atoms with Gasteiger partial charge in [-0.3, -0.25) is 14.7 Å². The maximum atomic E-state index is 14.9. The number of pyridine rings is 2. The second-order valence-corrected chi connectivity index (χ2v) is 12.2. The summed E-state index contributed by atoms with van der Waals surface area (Å²) in [5.74, 6) is 0.493. The number of methoxy groups -OCH3 is 1. The molecule has 5 heterocycles. The predicted octanol–water partition coefficient (Wildman–Crippen LogP) is 5.73.